The van der Waals surface area contributed by atoms with E-state index >= 15 is 0 Å². The minimum atomic E-state index is -0.490. The average Bonchev–Trinajstić information content (AvgIpc) is 4.02. The third kappa shape index (κ3) is 7.33. The van der Waals surface area contributed by atoms with Crippen molar-refractivity contribution in [3.63, 3.8) is 0 Å². The van der Waals surface area contributed by atoms with Crippen LogP contribution in [-0.4, -0.2) is 20.8 Å². The van der Waals surface area contributed by atoms with Gasteiger partial charge in [-0.05, 0) is 93.0 Å². The van der Waals surface area contributed by atoms with Crippen LogP contribution in [0.1, 0.15) is 22.9 Å². The van der Waals surface area contributed by atoms with Crippen LogP contribution < -0.4 is 5.32 Å². The second-order valence-corrected chi connectivity index (χ2v) is 18.9. The number of nitrogens with zero attached hydrogens (tertiary/aromatic N) is 4. The molecule has 5 nitrogen and oxygen atoms in total. The fourth-order valence-electron chi connectivity index (χ4n) is 11.3. The molecule has 0 fully saturated rings. The number of hydrogen-bond acceptors (Lipinski definition) is 3. The number of benzene rings is 11. The Balaban J connectivity index is 0.965. The summed E-state index contributed by atoms with van der Waals surface area (Å²) in [5.74, 6) is 1.44. The molecule has 1 atom stereocenters. The number of aromatic nitrogens is 2. The molecular formula is C69H47N5. The van der Waals surface area contributed by atoms with E-state index < -0.39 is 6.17 Å². The van der Waals surface area contributed by atoms with Crippen molar-refractivity contribution in [1.29, 1.82) is 0 Å². The molecule has 0 radical (unpaired) electrons. The molecule has 1 aliphatic rings. The first-order chi connectivity index (χ1) is 36.7. The van der Waals surface area contributed by atoms with E-state index in [1.165, 1.54) is 49.3 Å². The van der Waals surface area contributed by atoms with E-state index in [9.17, 15) is 0 Å². The molecule has 13 aromatic rings. The van der Waals surface area contributed by atoms with Crippen LogP contribution in [0.3, 0.4) is 0 Å². The molecule has 0 amide bonds. The lowest BCUT2D eigenvalue weighted by atomic mass is 9.95. The van der Waals surface area contributed by atoms with Gasteiger partial charge in [-0.3, -0.25) is 0 Å². The van der Waals surface area contributed by atoms with Gasteiger partial charge in [0.1, 0.15) is 12.0 Å². The standard InChI is InChI=1S/C69H47N5/c1-5-22-46(23-6-1)49-28-19-29-51(44-49)67-70-68(56-33-14-13-32-53(56)48-26-9-3-10-27-48)72-69(71-67)59-35-16-18-39-61(59)74-60-38-17-15-34-57(60)65-54(37-21-41-63(65)74)55-36-20-40-62-66(55)58-43-42-50(47-24-7-2-8-25-47)45-64(58)73(62)52-30-11-4-12-31-52/h1-45,69H,(H,70,71,72). The second kappa shape index (κ2) is 18.1. The first-order valence-electron chi connectivity index (χ1n) is 25.3. The molecule has 348 valence electrons. The maximum absolute atomic E-state index is 5.55. The highest BCUT2D eigenvalue weighted by Crippen LogP contribution is 2.45. The minimum absolute atomic E-state index is 0.490. The Bertz CT molecular complexity index is 4320. The quantitative estimate of drug-likeness (QED) is 0.154. The zero-order chi connectivity index (χ0) is 49.0. The Hall–Kier alpha value is -9.84. The van der Waals surface area contributed by atoms with Crippen molar-refractivity contribution in [2.75, 3.05) is 0 Å². The number of nitrogens with one attached hydrogen (secondary N) is 1. The summed E-state index contributed by atoms with van der Waals surface area (Å²) in [6.45, 7) is 0. The molecule has 11 aromatic carbocycles. The summed E-state index contributed by atoms with van der Waals surface area (Å²) in [6, 6.07) is 97.7. The average molecular weight is 946 g/mol. The Morgan fingerprint density at radius 1 is 0.324 bits per heavy atom. The number of aliphatic imine (C=N–C) groups is 2. The van der Waals surface area contributed by atoms with Crippen LogP contribution in [0.4, 0.5) is 0 Å². The van der Waals surface area contributed by atoms with Crippen LogP contribution in [-0.2, 0) is 0 Å². The molecule has 1 N–H and O–H groups in total. The molecule has 14 rings (SSSR count). The van der Waals surface area contributed by atoms with Crippen molar-refractivity contribution in [2.24, 2.45) is 9.98 Å². The molecule has 1 unspecified atom stereocenters. The molecule has 0 saturated heterocycles. The molecule has 3 heterocycles. The highest BCUT2D eigenvalue weighted by atomic mass is 15.2. The smallest absolute Gasteiger partial charge is 0.159 e. The van der Waals surface area contributed by atoms with Crippen LogP contribution in [0.15, 0.2) is 283 Å². The van der Waals surface area contributed by atoms with Gasteiger partial charge in [-0.15, -0.1) is 0 Å². The number of fused-ring (bicyclic) bond motifs is 6. The molecule has 2 aromatic heterocycles. The predicted molar refractivity (Wildman–Crippen MR) is 309 cm³/mol. The first kappa shape index (κ1) is 43.0. The normalized spacial score (nSPS) is 13.5. The molecule has 0 spiro atoms. The number of rotatable bonds is 9. The van der Waals surface area contributed by atoms with Gasteiger partial charge in [0, 0.05) is 43.9 Å². The maximum atomic E-state index is 5.55. The highest BCUT2D eigenvalue weighted by molar-refractivity contribution is 6.23. The van der Waals surface area contributed by atoms with Crippen molar-refractivity contribution in [1.82, 2.24) is 14.5 Å². The van der Waals surface area contributed by atoms with Gasteiger partial charge >= 0.3 is 0 Å². The summed E-state index contributed by atoms with van der Waals surface area (Å²) in [6.07, 6.45) is -0.490. The Kier molecular flexibility index (Phi) is 10.5. The Labute approximate surface area is 429 Å². The molecule has 1 aliphatic heterocycles. The van der Waals surface area contributed by atoms with Gasteiger partial charge in [-0.1, -0.05) is 224 Å². The monoisotopic (exact) mass is 945 g/mol. The largest absolute Gasteiger partial charge is 0.344 e. The molecule has 0 bridgehead atoms. The molecule has 74 heavy (non-hydrogen) atoms. The topological polar surface area (TPSA) is 46.6 Å². The molecule has 5 heteroatoms. The number of para-hydroxylation sites is 3. The van der Waals surface area contributed by atoms with Gasteiger partial charge in [0.15, 0.2) is 5.84 Å². The summed E-state index contributed by atoms with van der Waals surface area (Å²) in [7, 11) is 0. The second-order valence-electron chi connectivity index (χ2n) is 18.9. The molecule has 0 aliphatic carbocycles. The van der Waals surface area contributed by atoms with Crippen molar-refractivity contribution >= 4 is 55.3 Å². The van der Waals surface area contributed by atoms with Gasteiger partial charge < -0.3 is 14.5 Å². The van der Waals surface area contributed by atoms with Gasteiger partial charge in [0.05, 0.1) is 27.8 Å². The van der Waals surface area contributed by atoms with E-state index in [4.69, 9.17) is 9.98 Å². The van der Waals surface area contributed by atoms with Crippen LogP contribution in [0.2, 0.25) is 0 Å². The minimum Gasteiger partial charge on any atom is -0.344 e. The lowest BCUT2D eigenvalue weighted by Crippen LogP contribution is -2.34. The highest BCUT2D eigenvalue weighted by Gasteiger charge is 2.27. The summed E-state index contributed by atoms with van der Waals surface area (Å²) in [4.78, 5) is 10.9. The van der Waals surface area contributed by atoms with Gasteiger partial charge in [-0.25, -0.2) is 9.98 Å². The van der Waals surface area contributed by atoms with Crippen LogP contribution in [0.25, 0.3) is 99.5 Å². The molecule has 0 saturated carbocycles. The fraction of sp³-hybridized carbons (Fsp3) is 0.0145. The van der Waals surface area contributed by atoms with E-state index in [1.54, 1.807) is 0 Å². The van der Waals surface area contributed by atoms with E-state index in [1.807, 2.05) is 0 Å². The lowest BCUT2D eigenvalue weighted by Gasteiger charge is -2.27. The van der Waals surface area contributed by atoms with Crippen molar-refractivity contribution in [2.45, 2.75) is 6.17 Å². The first-order valence-corrected chi connectivity index (χ1v) is 25.3. The molecular weight excluding hydrogens is 899 g/mol. The Morgan fingerprint density at radius 2 is 0.824 bits per heavy atom. The predicted octanol–water partition coefficient (Wildman–Crippen LogP) is 17.0. The summed E-state index contributed by atoms with van der Waals surface area (Å²) in [5.41, 5.74) is 19.0. The van der Waals surface area contributed by atoms with Crippen LogP contribution in [0.5, 0.6) is 0 Å². The fourth-order valence-corrected chi connectivity index (χ4v) is 11.3. The number of hydrogen-bond donors (Lipinski definition) is 1. The lowest BCUT2D eigenvalue weighted by molar-refractivity contribution is 0.671. The SMILES string of the molecule is c1ccc(-c2cccc(C3=NC(c4ccccc4-n4c5ccccc5c5c(-c6cccc7c6c6ccc(-c8ccccc8)cc6n7-c6ccccc6)cccc54)NC(c4ccccc4-c4ccccc4)=N3)c2)cc1. The van der Waals surface area contributed by atoms with E-state index in [-0.39, 0.29) is 0 Å². The van der Waals surface area contributed by atoms with Gasteiger partial charge in [0.2, 0.25) is 0 Å². The van der Waals surface area contributed by atoms with E-state index in [2.05, 4.69) is 287 Å². The van der Waals surface area contributed by atoms with Crippen LogP contribution in [0, 0.1) is 0 Å². The number of amidine groups is 2. The third-order valence-corrected chi connectivity index (χ3v) is 14.6. The van der Waals surface area contributed by atoms with E-state index in [0.29, 0.717) is 5.84 Å². The summed E-state index contributed by atoms with van der Waals surface area (Å²) >= 11 is 0. The van der Waals surface area contributed by atoms with Crippen molar-refractivity contribution in [3.8, 4) is 55.9 Å². The zero-order valence-corrected chi connectivity index (χ0v) is 40.3. The van der Waals surface area contributed by atoms with Crippen molar-refractivity contribution < 1.29 is 0 Å². The maximum Gasteiger partial charge on any atom is 0.159 e. The summed E-state index contributed by atoms with van der Waals surface area (Å²) < 4.78 is 4.87. The summed E-state index contributed by atoms with van der Waals surface area (Å²) in [5, 5.41) is 8.71. The third-order valence-electron chi connectivity index (χ3n) is 14.6. The van der Waals surface area contributed by atoms with Gasteiger partial charge in [0.25, 0.3) is 0 Å². The van der Waals surface area contributed by atoms with E-state index in [0.717, 1.165) is 72.7 Å². The zero-order valence-electron chi connectivity index (χ0n) is 40.3. The van der Waals surface area contributed by atoms with Crippen molar-refractivity contribution in [3.05, 3.63) is 290 Å². The van der Waals surface area contributed by atoms with Crippen LogP contribution >= 0.6 is 0 Å². The van der Waals surface area contributed by atoms with Gasteiger partial charge in [-0.2, -0.15) is 0 Å². The Morgan fingerprint density at radius 3 is 1.54 bits per heavy atom.